The molecule has 7 heteroatoms. The first kappa shape index (κ1) is 19.5. The van der Waals surface area contributed by atoms with Crippen LogP contribution in [0.4, 0.5) is 0 Å². The van der Waals surface area contributed by atoms with Crippen molar-refractivity contribution >= 4 is 15.9 Å². The predicted octanol–water partition coefficient (Wildman–Crippen LogP) is 1.74. The molecular weight excluding hydrogens is 386 g/mol. The first-order valence-corrected chi connectivity index (χ1v) is 12.8. The molecule has 0 aliphatic carbocycles. The molecule has 0 aromatic heterocycles. The lowest BCUT2D eigenvalue weighted by atomic mass is 9.76. The van der Waals surface area contributed by atoms with E-state index in [1.165, 1.54) is 47.6 Å². The molecule has 29 heavy (non-hydrogen) atoms. The standard InChI is InChI=1S/C22H31N3O3S/c1-29(27,28)24-14-19(15-24)22-20-5-3-2-4-17(20)8-11-25(22)21(26)12-18-13-23-9-6-16(18)7-10-23/h2-5,16,18-19,22H,6-15H2,1H3/t18-,22-/m1/s1. The number of benzene rings is 1. The highest BCUT2D eigenvalue weighted by molar-refractivity contribution is 7.88. The summed E-state index contributed by atoms with van der Waals surface area (Å²) in [7, 11) is -3.16. The normalized spacial score (nSPS) is 32.7. The van der Waals surface area contributed by atoms with Crippen LogP contribution in [-0.4, -0.2) is 74.0 Å². The maximum atomic E-state index is 13.5. The van der Waals surface area contributed by atoms with Crippen molar-refractivity contribution in [1.82, 2.24) is 14.1 Å². The first-order chi connectivity index (χ1) is 13.9. The Kier molecular flexibility index (Phi) is 4.95. The molecule has 6 rings (SSSR count). The zero-order chi connectivity index (χ0) is 20.2. The SMILES string of the molecule is CS(=O)(=O)N1CC([C@@H]2c3ccccc3CCN2C(=O)C[C@@H]2CN3CCC2CC3)C1. The topological polar surface area (TPSA) is 60.9 Å². The van der Waals surface area contributed by atoms with E-state index in [0.29, 0.717) is 31.3 Å². The lowest BCUT2D eigenvalue weighted by Crippen LogP contribution is -2.57. The van der Waals surface area contributed by atoms with Gasteiger partial charge in [0.05, 0.1) is 12.3 Å². The fraction of sp³-hybridized carbons (Fsp3) is 0.682. The molecule has 5 heterocycles. The van der Waals surface area contributed by atoms with Crippen LogP contribution in [0, 0.1) is 17.8 Å². The summed E-state index contributed by atoms with van der Waals surface area (Å²) in [5.41, 5.74) is 2.53. The van der Waals surface area contributed by atoms with Gasteiger partial charge in [0, 0.05) is 38.5 Å². The van der Waals surface area contributed by atoms with Gasteiger partial charge in [0.15, 0.2) is 0 Å². The zero-order valence-corrected chi connectivity index (χ0v) is 18.0. The third-order valence-corrected chi connectivity index (χ3v) is 8.91. The Hall–Kier alpha value is -1.44. The van der Waals surface area contributed by atoms with E-state index >= 15 is 0 Å². The van der Waals surface area contributed by atoms with E-state index in [9.17, 15) is 13.2 Å². The van der Waals surface area contributed by atoms with Gasteiger partial charge in [-0.3, -0.25) is 4.79 Å². The Labute approximate surface area is 173 Å². The van der Waals surface area contributed by atoms with Crippen LogP contribution in [0.5, 0.6) is 0 Å². The van der Waals surface area contributed by atoms with Crippen LogP contribution in [0.1, 0.15) is 36.4 Å². The summed E-state index contributed by atoms with van der Waals surface area (Å²) in [4.78, 5) is 18.1. The number of carbonyl (C=O) groups is 1. The van der Waals surface area contributed by atoms with Crippen LogP contribution in [0.15, 0.2) is 24.3 Å². The molecule has 5 aliphatic rings. The number of hydrogen-bond acceptors (Lipinski definition) is 4. The number of carbonyl (C=O) groups excluding carboxylic acids is 1. The highest BCUT2D eigenvalue weighted by Crippen LogP contribution is 2.42. The van der Waals surface area contributed by atoms with E-state index in [-0.39, 0.29) is 17.9 Å². The van der Waals surface area contributed by atoms with Gasteiger partial charge < -0.3 is 9.80 Å². The molecule has 0 N–H and O–H groups in total. The molecule has 1 aromatic rings. The molecule has 4 saturated heterocycles. The van der Waals surface area contributed by atoms with E-state index in [2.05, 4.69) is 28.0 Å². The molecule has 5 aliphatic heterocycles. The minimum absolute atomic E-state index is 0.00605. The second-order valence-corrected chi connectivity index (χ2v) is 11.4. The Bertz CT molecular complexity index is 888. The van der Waals surface area contributed by atoms with Crippen molar-refractivity contribution in [2.75, 3.05) is 45.5 Å². The number of piperidine rings is 3. The fourth-order valence-electron chi connectivity index (χ4n) is 5.99. The molecule has 0 radical (unpaired) electrons. The molecule has 158 valence electrons. The van der Waals surface area contributed by atoms with Crippen molar-refractivity contribution in [3.05, 3.63) is 35.4 Å². The Morgan fingerprint density at radius 3 is 2.41 bits per heavy atom. The van der Waals surface area contributed by atoms with E-state index in [4.69, 9.17) is 0 Å². The summed E-state index contributed by atoms with van der Waals surface area (Å²) in [5, 5.41) is 0. The van der Waals surface area contributed by atoms with E-state index in [1.54, 1.807) is 0 Å². The molecule has 4 fully saturated rings. The highest BCUT2D eigenvalue weighted by atomic mass is 32.2. The van der Waals surface area contributed by atoms with Gasteiger partial charge in [0.2, 0.25) is 15.9 Å². The number of nitrogens with zero attached hydrogens (tertiary/aromatic N) is 3. The Morgan fingerprint density at radius 2 is 1.76 bits per heavy atom. The van der Waals surface area contributed by atoms with Crippen molar-refractivity contribution in [1.29, 1.82) is 0 Å². The van der Waals surface area contributed by atoms with E-state index < -0.39 is 10.0 Å². The minimum Gasteiger partial charge on any atom is -0.335 e. The summed E-state index contributed by atoms with van der Waals surface area (Å²) >= 11 is 0. The summed E-state index contributed by atoms with van der Waals surface area (Å²) in [6, 6.07) is 8.40. The molecule has 1 amide bonds. The van der Waals surface area contributed by atoms with Crippen LogP contribution >= 0.6 is 0 Å². The summed E-state index contributed by atoms with van der Waals surface area (Å²) < 4.78 is 25.3. The first-order valence-electron chi connectivity index (χ1n) is 10.9. The van der Waals surface area contributed by atoms with Gasteiger partial charge in [-0.15, -0.1) is 0 Å². The molecule has 6 nitrogen and oxygen atoms in total. The van der Waals surface area contributed by atoms with Crippen LogP contribution in [0.2, 0.25) is 0 Å². The fourth-order valence-corrected chi connectivity index (χ4v) is 6.91. The van der Waals surface area contributed by atoms with Crippen LogP contribution in [-0.2, 0) is 21.2 Å². The molecule has 2 bridgehead atoms. The van der Waals surface area contributed by atoms with Crippen molar-refractivity contribution in [3.63, 3.8) is 0 Å². The van der Waals surface area contributed by atoms with E-state index in [1.807, 2.05) is 6.07 Å². The lowest BCUT2D eigenvalue weighted by molar-refractivity contribution is -0.139. The molecule has 2 atom stereocenters. The molecule has 0 saturated carbocycles. The third kappa shape index (κ3) is 3.62. The van der Waals surface area contributed by atoms with E-state index in [0.717, 1.165) is 19.5 Å². The average molecular weight is 418 g/mol. The average Bonchev–Trinajstić information content (AvgIpc) is 2.66. The predicted molar refractivity (Wildman–Crippen MR) is 112 cm³/mol. The van der Waals surface area contributed by atoms with Gasteiger partial charge >= 0.3 is 0 Å². The number of sulfonamides is 1. The monoisotopic (exact) mass is 417 g/mol. The Balaban J connectivity index is 1.36. The van der Waals surface area contributed by atoms with Crippen molar-refractivity contribution < 1.29 is 13.2 Å². The van der Waals surface area contributed by atoms with Gasteiger partial charge in [-0.1, -0.05) is 24.3 Å². The maximum Gasteiger partial charge on any atom is 0.223 e. The number of rotatable bonds is 4. The molecule has 0 spiro atoms. The van der Waals surface area contributed by atoms with Crippen LogP contribution < -0.4 is 0 Å². The molecular formula is C22H31N3O3S. The second-order valence-electron chi connectivity index (χ2n) is 9.42. The van der Waals surface area contributed by atoms with Crippen molar-refractivity contribution in [2.45, 2.75) is 31.7 Å². The number of amides is 1. The van der Waals surface area contributed by atoms with Gasteiger partial charge in [0.25, 0.3) is 0 Å². The van der Waals surface area contributed by atoms with Gasteiger partial charge in [0.1, 0.15) is 0 Å². The van der Waals surface area contributed by atoms with Gasteiger partial charge in [-0.25, -0.2) is 12.7 Å². The van der Waals surface area contributed by atoms with Crippen molar-refractivity contribution in [3.8, 4) is 0 Å². The van der Waals surface area contributed by atoms with Crippen molar-refractivity contribution in [2.24, 2.45) is 17.8 Å². The highest BCUT2D eigenvalue weighted by Gasteiger charge is 2.45. The van der Waals surface area contributed by atoms with Crippen LogP contribution in [0.25, 0.3) is 0 Å². The van der Waals surface area contributed by atoms with Gasteiger partial charge in [-0.05, 0) is 55.3 Å². The largest absolute Gasteiger partial charge is 0.335 e. The minimum atomic E-state index is -3.16. The third-order valence-electron chi connectivity index (χ3n) is 7.67. The molecule has 1 aromatic carbocycles. The maximum absolute atomic E-state index is 13.5. The quantitative estimate of drug-likeness (QED) is 0.749. The van der Waals surface area contributed by atoms with Gasteiger partial charge in [-0.2, -0.15) is 0 Å². The van der Waals surface area contributed by atoms with Crippen LogP contribution in [0.3, 0.4) is 0 Å². The zero-order valence-electron chi connectivity index (χ0n) is 17.2. The number of hydrogen-bond donors (Lipinski definition) is 0. The summed E-state index contributed by atoms with van der Waals surface area (Å²) in [6.45, 7) is 5.23. The second kappa shape index (κ2) is 7.36. The summed E-state index contributed by atoms with van der Waals surface area (Å²) in [6.07, 6.45) is 5.27. The smallest absolute Gasteiger partial charge is 0.223 e. The lowest BCUT2D eigenvalue weighted by Gasteiger charge is -2.49. The number of fused-ring (bicyclic) bond motifs is 4. The molecule has 0 unspecified atom stereocenters. The summed E-state index contributed by atoms with van der Waals surface area (Å²) in [5.74, 6) is 1.63. The Morgan fingerprint density at radius 1 is 1.03 bits per heavy atom.